The molecule has 4 rings (SSSR count). The molecular weight excluding hydrogens is 319 g/mol. The lowest BCUT2D eigenvalue weighted by Gasteiger charge is -2.21. The zero-order valence-electron chi connectivity index (χ0n) is 13.7. The summed E-state index contributed by atoms with van der Waals surface area (Å²) in [5, 5.41) is 6.24. The second kappa shape index (κ2) is 6.64. The molecule has 1 amide bonds. The Labute approximate surface area is 144 Å². The van der Waals surface area contributed by atoms with Gasteiger partial charge in [-0.15, -0.1) is 0 Å². The number of rotatable bonds is 3. The van der Waals surface area contributed by atoms with Gasteiger partial charge in [-0.3, -0.25) is 4.79 Å². The summed E-state index contributed by atoms with van der Waals surface area (Å²) in [6.07, 6.45) is 1.94. The maximum Gasteiger partial charge on any atom is 0.228 e. The molecule has 1 atom stereocenters. The summed E-state index contributed by atoms with van der Waals surface area (Å²) >= 11 is 0. The molecule has 25 heavy (non-hydrogen) atoms. The first-order chi connectivity index (χ1) is 12.2. The van der Waals surface area contributed by atoms with Gasteiger partial charge in [0, 0.05) is 17.8 Å². The van der Waals surface area contributed by atoms with Gasteiger partial charge in [0.2, 0.25) is 5.91 Å². The number of H-pyrrole nitrogens is 1. The Morgan fingerprint density at radius 1 is 1.20 bits per heavy atom. The van der Waals surface area contributed by atoms with Crippen molar-refractivity contribution in [1.29, 1.82) is 0 Å². The number of aromatic amines is 1. The first kappa shape index (κ1) is 15.8. The first-order valence-corrected chi connectivity index (χ1v) is 8.46. The van der Waals surface area contributed by atoms with Gasteiger partial charge in [-0.2, -0.15) is 0 Å². The van der Waals surface area contributed by atoms with E-state index in [0.717, 1.165) is 48.2 Å². The minimum Gasteiger partial charge on any atom is -0.338 e. The summed E-state index contributed by atoms with van der Waals surface area (Å²) in [6, 6.07) is 11.8. The molecule has 0 spiro atoms. The predicted octanol–water partition coefficient (Wildman–Crippen LogP) is 3.31. The Bertz CT molecular complexity index is 897. The van der Waals surface area contributed by atoms with Crippen molar-refractivity contribution in [2.75, 3.05) is 18.4 Å². The molecule has 128 valence electrons. The fraction of sp³-hybridized carbons (Fsp3) is 0.263. The number of amides is 1. The van der Waals surface area contributed by atoms with Crippen LogP contribution < -0.4 is 10.6 Å². The van der Waals surface area contributed by atoms with E-state index in [1.165, 1.54) is 12.1 Å². The van der Waals surface area contributed by atoms with Crippen LogP contribution in [0.2, 0.25) is 0 Å². The lowest BCUT2D eigenvalue weighted by molar-refractivity contribution is -0.120. The quantitative estimate of drug-likeness (QED) is 0.686. The molecule has 3 aromatic rings. The van der Waals surface area contributed by atoms with E-state index in [4.69, 9.17) is 0 Å². The van der Waals surface area contributed by atoms with Gasteiger partial charge >= 0.3 is 0 Å². The fourth-order valence-corrected chi connectivity index (χ4v) is 3.15. The zero-order valence-corrected chi connectivity index (χ0v) is 13.7. The first-order valence-electron chi connectivity index (χ1n) is 8.46. The second-order valence-corrected chi connectivity index (χ2v) is 6.36. The van der Waals surface area contributed by atoms with Crippen LogP contribution in [-0.4, -0.2) is 29.0 Å². The standard InChI is InChI=1S/C19H19FN4O/c20-14-5-3-12(4-6-14)18-23-16-8-7-15(10-17(16)24-18)22-19(25)13-2-1-9-21-11-13/h3-8,10,13,21H,1-2,9,11H2,(H,22,25)(H,23,24). The van der Waals surface area contributed by atoms with E-state index in [9.17, 15) is 9.18 Å². The van der Waals surface area contributed by atoms with Crippen molar-refractivity contribution in [2.45, 2.75) is 12.8 Å². The van der Waals surface area contributed by atoms with Gasteiger partial charge in [0.15, 0.2) is 0 Å². The van der Waals surface area contributed by atoms with Crippen LogP contribution in [-0.2, 0) is 4.79 Å². The third-order valence-electron chi connectivity index (χ3n) is 4.53. The maximum atomic E-state index is 13.1. The topological polar surface area (TPSA) is 69.8 Å². The summed E-state index contributed by atoms with van der Waals surface area (Å²) in [5.74, 6) is 0.461. The van der Waals surface area contributed by atoms with E-state index in [0.29, 0.717) is 5.82 Å². The van der Waals surface area contributed by atoms with Crippen LogP contribution in [0.15, 0.2) is 42.5 Å². The molecule has 0 aliphatic carbocycles. The number of carbonyl (C=O) groups is 1. The Morgan fingerprint density at radius 2 is 2.04 bits per heavy atom. The van der Waals surface area contributed by atoms with Crippen LogP contribution in [0.3, 0.4) is 0 Å². The number of anilines is 1. The highest BCUT2D eigenvalue weighted by atomic mass is 19.1. The van der Waals surface area contributed by atoms with Crippen LogP contribution in [0.5, 0.6) is 0 Å². The summed E-state index contributed by atoms with van der Waals surface area (Å²) in [5.41, 5.74) is 3.20. The molecule has 1 aliphatic heterocycles. The summed E-state index contributed by atoms with van der Waals surface area (Å²) in [6.45, 7) is 1.71. The van der Waals surface area contributed by atoms with Crippen molar-refractivity contribution in [1.82, 2.24) is 15.3 Å². The second-order valence-electron chi connectivity index (χ2n) is 6.36. The Balaban J connectivity index is 1.55. The van der Waals surface area contributed by atoms with Crippen molar-refractivity contribution < 1.29 is 9.18 Å². The molecule has 0 saturated carbocycles. The van der Waals surface area contributed by atoms with E-state index >= 15 is 0 Å². The number of hydrogen-bond acceptors (Lipinski definition) is 3. The highest BCUT2D eigenvalue weighted by molar-refractivity contribution is 5.95. The van der Waals surface area contributed by atoms with Gasteiger partial charge in [-0.05, 0) is 61.9 Å². The number of hydrogen-bond donors (Lipinski definition) is 3. The number of benzene rings is 2. The van der Waals surface area contributed by atoms with Gasteiger partial charge in [-0.1, -0.05) is 0 Å². The number of nitrogens with one attached hydrogen (secondary N) is 3. The average molecular weight is 338 g/mol. The van der Waals surface area contributed by atoms with Crippen molar-refractivity contribution in [2.24, 2.45) is 5.92 Å². The smallest absolute Gasteiger partial charge is 0.228 e. The van der Waals surface area contributed by atoms with Crippen LogP contribution in [0.25, 0.3) is 22.4 Å². The lowest BCUT2D eigenvalue weighted by atomic mass is 9.99. The predicted molar refractivity (Wildman–Crippen MR) is 95.7 cm³/mol. The highest BCUT2D eigenvalue weighted by Crippen LogP contribution is 2.23. The molecule has 2 heterocycles. The number of carbonyl (C=O) groups excluding carboxylic acids is 1. The van der Waals surface area contributed by atoms with E-state index < -0.39 is 0 Å². The number of aromatic nitrogens is 2. The third kappa shape index (κ3) is 3.39. The normalized spacial score (nSPS) is 17.6. The number of piperidine rings is 1. The van der Waals surface area contributed by atoms with Crippen LogP contribution in [0.1, 0.15) is 12.8 Å². The molecule has 3 N–H and O–H groups in total. The van der Waals surface area contributed by atoms with E-state index in [1.54, 1.807) is 12.1 Å². The molecule has 0 radical (unpaired) electrons. The fourth-order valence-electron chi connectivity index (χ4n) is 3.15. The molecule has 1 aromatic heterocycles. The monoisotopic (exact) mass is 338 g/mol. The third-order valence-corrected chi connectivity index (χ3v) is 4.53. The minimum atomic E-state index is -0.276. The van der Waals surface area contributed by atoms with E-state index in [1.807, 2.05) is 18.2 Å². The molecule has 0 bridgehead atoms. The Kier molecular flexibility index (Phi) is 4.19. The van der Waals surface area contributed by atoms with Gasteiger partial charge in [0.1, 0.15) is 11.6 Å². The molecular formula is C19H19FN4O. The van der Waals surface area contributed by atoms with Crippen LogP contribution >= 0.6 is 0 Å². The van der Waals surface area contributed by atoms with Crippen molar-refractivity contribution in [3.05, 3.63) is 48.3 Å². The Hall–Kier alpha value is -2.73. The minimum absolute atomic E-state index is 0.0148. The van der Waals surface area contributed by atoms with Crippen molar-refractivity contribution >= 4 is 22.6 Å². The molecule has 1 aliphatic rings. The number of nitrogens with zero attached hydrogens (tertiary/aromatic N) is 1. The number of halogens is 1. The summed E-state index contributed by atoms with van der Waals surface area (Å²) in [4.78, 5) is 20.1. The van der Waals surface area contributed by atoms with Gasteiger partial charge < -0.3 is 15.6 Å². The van der Waals surface area contributed by atoms with Crippen LogP contribution in [0.4, 0.5) is 10.1 Å². The highest BCUT2D eigenvalue weighted by Gasteiger charge is 2.21. The molecule has 2 aromatic carbocycles. The molecule has 1 fully saturated rings. The van der Waals surface area contributed by atoms with Gasteiger partial charge in [0.05, 0.1) is 17.0 Å². The zero-order chi connectivity index (χ0) is 17.2. The summed E-state index contributed by atoms with van der Waals surface area (Å²) in [7, 11) is 0. The number of fused-ring (bicyclic) bond motifs is 1. The van der Waals surface area contributed by atoms with Gasteiger partial charge in [0.25, 0.3) is 0 Å². The molecule has 5 nitrogen and oxygen atoms in total. The maximum absolute atomic E-state index is 13.1. The van der Waals surface area contributed by atoms with E-state index in [2.05, 4.69) is 20.6 Å². The lowest BCUT2D eigenvalue weighted by Crippen LogP contribution is -2.37. The number of imidazole rings is 1. The Morgan fingerprint density at radius 3 is 2.80 bits per heavy atom. The van der Waals surface area contributed by atoms with Crippen LogP contribution in [0, 0.1) is 11.7 Å². The van der Waals surface area contributed by atoms with Crippen molar-refractivity contribution in [3.63, 3.8) is 0 Å². The SMILES string of the molecule is O=C(Nc1ccc2nc(-c3ccc(F)cc3)[nH]c2c1)C1CCCNC1. The van der Waals surface area contributed by atoms with Gasteiger partial charge in [-0.25, -0.2) is 9.37 Å². The molecule has 1 unspecified atom stereocenters. The molecule has 1 saturated heterocycles. The average Bonchev–Trinajstić information content (AvgIpc) is 3.06. The van der Waals surface area contributed by atoms with E-state index in [-0.39, 0.29) is 17.6 Å². The largest absolute Gasteiger partial charge is 0.338 e. The summed E-state index contributed by atoms with van der Waals surface area (Å²) < 4.78 is 13.1. The molecule has 6 heteroatoms. The van der Waals surface area contributed by atoms with Crippen molar-refractivity contribution in [3.8, 4) is 11.4 Å².